The summed E-state index contributed by atoms with van der Waals surface area (Å²) in [5, 5.41) is 54.9. The van der Waals surface area contributed by atoms with Crippen molar-refractivity contribution in [3.8, 4) is 0 Å². The monoisotopic (exact) mass is 1240 g/mol. The number of hydrogen-bond donors (Lipinski definition) is 6. The van der Waals surface area contributed by atoms with Crippen molar-refractivity contribution in [2.24, 2.45) is 0 Å². The van der Waals surface area contributed by atoms with Gasteiger partial charge in [-0.2, -0.15) is 0 Å². The lowest BCUT2D eigenvalue weighted by molar-refractivity contribution is -0.302. The normalized spacial score (nSPS) is 18.5. The van der Waals surface area contributed by atoms with E-state index >= 15 is 0 Å². The molecule has 0 aromatic carbocycles. The number of allylic oxidation sites excluding steroid dienone is 17. The maximum atomic E-state index is 13.2. The van der Waals surface area contributed by atoms with E-state index in [9.17, 15) is 30.3 Å². The van der Waals surface area contributed by atoms with Crippen LogP contribution in [-0.2, 0) is 14.3 Å². The molecule has 1 fully saturated rings. The lowest BCUT2D eigenvalue weighted by Crippen LogP contribution is -2.60. The van der Waals surface area contributed by atoms with Gasteiger partial charge in [-0.05, 0) is 83.5 Å². The third kappa shape index (κ3) is 56.1. The number of nitrogens with one attached hydrogen (secondary N) is 1. The van der Waals surface area contributed by atoms with Crippen molar-refractivity contribution < 1.29 is 39.8 Å². The first-order valence-electron chi connectivity index (χ1n) is 37.6. The Labute approximate surface area is 548 Å². The van der Waals surface area contributed by atoms with Crippen molar-refractivity contribution in [1.82, 2.24) is 5.32 Å². The van der Waals surface area contributed by atoms with Gasteiger partial charge in [0.1, 0.15) is 24.4 Å². The lowest BCUT2D eigenvalue weighted by atomic mass is 9.99. The van der Waals surface area contributed by atoms with Gasteiger partial charge in [0.25, 0.3) is 0 Å². The van der Waals surface area contributed by atoms with Crippen LogP contribution in [0.5, 0.6) is 0 Å². The molecule has 1 aliphatic heterocycles. The maximum absolute atomic E-state index is 13.2. The van der Waals surface area contributed by atoms with Gasteiger partial charge in [0, 0.05) is 6.42 Å². The van der Waals surface area contributed by atoms with E-state index in [1.807, 2.05) is 6.08 Å². The lowest BCUT2D eigenvalue weighted by Gasteiger charge is -2.40. The molecule has 0 aliphatic carbocycles. The van der Waals surface area contributed by atoms with Crippen LogP contribution in [0.15, 0.2) is 109 Å². The molecule has 0 saturated carbocycles. The van der Waals surface area contributed by atoms with Crippen molar-refractivity contribution >= 4 is 5.91 Å². The zero-order chi connectivity index (χ0) is 64.2. The van der Waals surface area contributed by atoms with Crippen LogP contribution in [0, 0.1) is 0 Å². The number of rotatable bonds is 65. The summed E-state index contributed by atoms with van der Waals surface area (Å²) in [6, 6.07) is -0.820. The highest BCUT2D eigenvalue weighted by atomic mass is 16.7. The molecule has 6 N–H and O–H groups in total. The van der Waals surface area contributed by atoms with E-state index < -0.39 is 49.5 Å². The fourth-order valence-corrected chi connectivity index (χ4v) is 11.5. The number of carbonyl (C=O) groups is 1. The van der Waals surface area contributed by atoms with Crippen LogP contribution in [0.4, 0.5) is 0 Å². The summed E-state index contributed by atoms with van der Waals surface area (Å²) in [4.78, 5) is 13.2. The minimum Gasteiger partial charge on any atom is -0.394 e. The highest BCUT2D eigenvalue weighted by molar-refractivity contribution is 5.76. The largest absolute Gasteiger partial charge is 0.394 e. The van der Waals surface area contributed by atoms with Crippen LogP contribution < -0.4 is 5.32 Å². The second-order valence-electron chi connectivity index (χ2n) is 25.7. The first-order valence-corrected chi connectivity index (χ1v) is 37.6. The number of aliphatic hydroxyl groups excluding tert-OH is 5. The molecule has 1 heterocycles. The number of ether oxygens (including phenoxy) is 2. The molecule has 1 rings (SSSR count). The standard InChI is InChI=1S/C80H141NO8/c1-3-5-7-9-11-13-15-17-19-21-23-25-27-29-31-33-35-37-39-41-43-45-47-49-51-53-55-57-59-61-63-65-67-69-74(83)73(72-88-80-79(87)78(86)77(85)75(71-82)89-80)81-76(84)70-68-66-64-62-60-58-56-54-52-50-48-46-44-42-40-38-36-34-32-30-28-26-24-22-20-18-16-14-12-10-8-6-4-2/h6,8,12,14,18,20,24,26,30,32,36,38,42,44,48,50,67,69,73-75,77-80,82-83,85-87H,3-5,7,9-11,13,15-17,19,21-23,25,27-29,31,33-35,37,39-41,43,45-47,49,51-66,68,70-72H2,1-2H3,(H,81,84)/b8-6-,14-12-,20-18-,26-24-,32-30-,38-36-,44-42-,50-48-,69-67+. The predicted molar refractivity (Wildman–Crippen MR) is 382 cm³/mol. The zero-order valence-corrected chi connectivity index (χ0v) is 57.7. The molecule has 0 aromatic rings. The summed E-state index contributed by atoms with van der Waals surface area (Å²) in [5.74, 6) is -0.186. The number of hydrogen-bond acceptors (Lipinski definition) is 8. The Kier molecular flexibility index (Phi) is 63.8. The third-order valence-electron chi connectivity index (χ3n) is 17.4. The summed E-state index contributed by atoms with van der Waals surface area (Å²) < 4.78 is 11.3. The quantitative estimate of drug-likeness (QED) is 0.0261. The summed E-state index contributed by atoms with van der Waals surface area (Å²) >= 11 is 0. The van der Waals surface area contributed by atoms with E-state index in [0.29, 0.717) is 6.42 Å². The Morgan fingerprint density at radius 3 is 1.03 bits per heavy atom. The van der Waals surface area contributed by atoms with E-state index in [1.54, 1.807) is 6.08 Å². The van der Waals surface area contributed by atoms with E-state index in [0.717, 1.165) is 103 Å². The van der Waals surface area contributed by atoms with Gasteiger partial charge < -0.3 is 40.3 Å². The summed E-state index contributed by atoms with van der Waals surface area (Å²) in [7, 11) is 0. The van der Waals surface area contributed by atoms with Crippen molar-refractivity contribution in [3.05, 3.63) is 109 Å². The Balaban J connectivity index is 2.14. The molecular weight excluding hydrogens is 1100 g/mol. The topological polar surface area (TPSA) is 149 Å². The first-order chi connectivity index (χ1) is 43.8. The smallest absolute Gasteiger partial charge is 0.220 e. The van der Waals surface area contributed by atoms with Gasteiger partial charge in [0.05, 0.1) is 25.4 Å². The van der Waals surface area contributed by atoms with Gasteiger partial charge in [0.2, 0.25) is 5.91 Å². The van der Waals surface area contributed by atoms with E-state index in [1.165, 1.54) is 212 Å². The molecule has 7 atom stereocenters. The van der Waals surface area contributed by atoms with E-state index in [-0.39, 0.29) is 12.5 Å². The van der Waals surface area contributed by atoms with Crippen LogP contribution >= 0.6 is 0 Å². The second-order valence-corrected chi connectivity index (χ2v) is 25.7. The molecule has 1 amide bonds. The Morgan fingerprint density at radius 1 is 0.393 bits per heavy atom. The molecule has 9 heteroatoms. The maximum Gasteiger partial charge on any atom is 0.220 e. The average molecular weight is 1250 g/mol. The van der Waals surface area contributed by atoms with Crippen molar-refractivity contribution in [2.45, 2.75) is 378 Å². The van der Waals surface area contributed by atoms with Gasteiger partial charge in [-0.25, -0.2) is 0 Å². The highest BCUT2D eigenvalue weighted by Gasteiger charge is 2.44. The van der Waals surface area contributed by atoms with Crippen molar-refractivity contribution in [3.63, 3.8) is 0 Å². The number of aliphatic hydroxyl groups is 5. The van der Waals surface area contributed by atoms with Gasteiger partial charge in [0.15, 0.2) is 6.29 Å². The van der Waals surface area contributed by atoms with Crippen LogP contribution in [0.25, 0.3) is 0 Å². The van der Waals surface area contributed by atoms with Gasteiger partial charge >= 0.3 is 0 Å². The summed E-state index contributed by atoms with van der Waals surface area (Å²) in [5.41, 5.74) is 0. The predicted octanol–water partition coefficient (Wildman–Crippen LogP) is 21.2. The Hall–Kier alpha value is -3.15. The third-order valence-corrected chi connectivity index (χ3v) is 17.4. The molecule has 9 nitrogen and oxygen atoms in total. The van der Waals surface area contributed by atoms with Crippen LogP contribution in [-0.4, -0.2) is 87.5 Å². The van der Waals surface area contributed by atoms with E-state index in [2.05, 4.69) is 116 Å². The summed E-state index contributed by atoms with van der Waals surface area (Å²) in [6.45, 7) is 3.69. The second kappa shape index (κ2) is 67.7. The molecular formula is C80H141NO8. The average Bonchev–Trinajstić information content (AvgIpc) is 2.28. The molecule has 1 saturated heterocycles. The minimum absolute atomic E-state index is 0.186. The molecule has 1 aliphatic rings. The van der Waals surface area contributed by atoms with Crippen LogP contribution in [0.1, 0.15) is 335 Å². The van der Waals surface area contributed by atoms with Crippen molar-refractivity contribution in [1.29, 1.82) is 0 Å². The van der Waals surface area contributed by atoms with Crippen LogP contribution in [0.2, 0.25) is 0 Å². The molecule has 7 unspecified atom stereocenters. The Bertz CT molecular complexity index is 1780. The van der Waals surface area contributed by atoms with Crippen LogP contribution in [0.3, 0.4) is 0 Å². The molecule has 0 spiro atoms. The molecule has 0 radical (unpaired) electrons. The highest BCUT2D eigenvalue weighted by Crippen LogP contribution is 2.23. The fraction of sp³-hybridized carbons (Fsp3) is 0.762. The number of amides is 1. The van der Waals surface area contributed by atoms with Gasteiger partial charge in [-0.15, -0.1) is 0 Å². The van der Waals surface area contributed by atoms with Crippen molar-refractivity contribution in [2.75, 3.05) is 13.2 Å². The Morgan fingerprint density at radius 2 is 0.697 bits per heavy atom. The zero-order valence-electron chi connectivity index (χ0n) is 57.7. The molecule has 514 valence electrons. The molecule has 89 heavy (non-hydrogen) atoms. The fourth-order valence-electron chi connectivity index (χ4n) is 11.5. The first kappa shape index (κ1) is 83.9. The van der Waals surface area contributed by atoms with Gasteiger partial charge in [-0.3, -0.25) is 4.79 Å². The van der Waals surface area contributed by atoms with E-state index in [4.69, 9.17) is 9.47 Å². The number of carbonyl (C=O) groups excluding carboxylic acids is 1. The number of unbranched alkanes of at least 4 members (excludes halogenated alkanes) is 39. The van der Waals surface area contributed by atoms with Gasteiger partial charge in [-0.1, -0.05) is 354 Å². The molecule has 0 aromatic heterocycles. The minimum atomic E-state index is -1.58. The molecule has 0 bridgehead atoms. The SMILES string of the molecule is CC/C=C\C/C=C\C/C=C\C/C=C\C/C=C\C/C=C\C/C=C\C/C=C\CCCCCCCCCCC(=O)NC(COC1OC(CO)C(O)C(O)C1O)C(O)/C=C/CCCCCCCCCCCCCCCCCCCCCCCCCCCCCCCCC. The summed E-state index contributed by atoms with van der Waals surface area (Å²) in [6.07, 6.45) is 93.5.